The number of carboxylic acid groups (broad SMARTS) is 1. The molecule has 9 heteroatoms. The molecule has 1 unspecified atom stereocenters. The third-order valence-electron chi connectivity index (χ3n) is 2.73. The quantitative estimate of drug-likeness (QED) is 0.696. The Morgan fingerprint density at radius 2 is 1.90 bits per heavy atom. The molecule has 21 heavy (non-hydrogen) atoms. The van der Waals surface area contributed by atoms with Gasteiger partial charge in [0, 0.05) is 0 Å². The van der Waals surface area contributed by atoms with Crippen molar-refractivity contribution in [2.45, 2.75) is 24.8 Å². The van der Waals surface area contributed by atoms with Gasteiger partial charge in [-0.1, -0.05) is 13.8 Å². The maximum absolute atomic E-state index is 13.3. The summed E-state index contributed by atoms with van der Waals surface area (Å²) < 4.78 is 39.5. The number of amides is 1. The van der Waals surface area contributed by atoms with Crippen molar-refractivity contribution < 1.29 is 27.5 Å². The number of carboxylic acids is 1. The van der Waals surface area contributed by atoms with Gasteiger partial charge in [-0.3, -0.25) is 4.79 Å². The normalized spacial score (nSPS) is 13.1. The average Bonchev–Trinajstić information content (AvgIpc) is 2.35. The van der Waals surface area contributed by atoms with Crippen molar-refractivity contribution >= 4 is 21.9 Å². The molecule has 1 amide bonds. The van der Waals surface area contributed by atoms with Crippen LogP contribution >= 0.6 is 0 Å². The SMILES string of the molecule is CC(C)C(NS(=O)(=O)c1ccc(F)c(C(=O)O)c1)C(N)=O. The van der Waals surface area contributed by atoms with Crippen molar-refractivity contribution in [1.82, 2.24) is 4.72 Å². The number of sulfonamides is 1. The summed E-state index contributed by atoms with van der Waals surface area (Å²) in [6.07, 6.45) is 0. The summed E-state index contributed by atoms with van der Waals surface area (Å²) in [6.45, 7) is 3.18. The first-order valence-electron chi connectivity index (χ1n) is 5.90. The number of rotatable bonds is 6. The third kappa shape index (κ3) is 3.99. The van der Waals surface area contributed by atoms with Crippen LogP contribution in [-0.4, -0.2) is 31.4 Å². The number of nitrogens with one attached hydrogen (secondary N) is 1. The van der Waals surface area contributed by atoms with Crippen LogP contribution < -0.4 is 10.5 Å². The van der Waals surface area contributed by atoms with Crippen LogP contribution in [0.4, 0.5) is 4.39 Å². The molecule has 0 bridgehead atoms. The van der Waals surface area contributed by atoms with Crippen molar-refractivity contribution in [1.29, 1.82) is 0 Å². The number of halogens is 1. The van der Waals surface area contributed by atoms with Crippen LogP contribution in [0.5, 0.6) is 0 Å². The van der Waals surface area contributed by atoms with Gasteiger partial charge in [0.15, 0.2) is 0 Å². The number of benzene rings is 1. The Bertz CT molecular complexity index is 672. The highest BCUT2D eigenvalue weighted by molar-refractivity contribution is 7.89. The lowest BCUT2D eigenvalue weighted by atomic mass is 10.1. The molecule has 0 saturated heterocycles. The van der Waals surface area contributed by atoms with Gasteiger partial charge in [-0.05, 0) is 24.1 Å². The predicted molar refractivity (Wildman–Crippen MR) is 71.5 cm³/mol. The molecule has 7 nitrogen and oxygen atoms in total. The van der Waals surface area contributed by atoms with E-state index in [1.54, 1.807) is 13.8 Å². The summed E-state index contributed by atoms with van der Waals surface area (Å²) in [4.78, 5) is 21.6. The lowest BCUT2D eigenvalue weighted by Gasteiger charge is -2.19. The van der Waals surface area contributed by atoms with Crippen molar-refractivity contribution in [3.05, 3.63) is 29.6 Å². The highest BCUT2D eigenvalue weighted by atomic mass is 32.2. The largest absolute Gasteiger partial charge is 0.478 e. The fourth-order valence-corrected chi connectivity index (χ4v) is 2.97. The number of hydrogen-bond donors (Lipinski definition) is 3. The molecular formula is C12H15FN2O5S. The molecule has 0 fully saturated rings. The summed E-state index contributed by atoms with van der Waals surface area (Å²) in [5.41, 5.74) is 4.33. The summed E-state index contributed by atoms with van der Waals surface area (Å²) in [5, 5.41) is 8.78. The maximum Gasteiger partial charge on any atom is 0.338 e. The van der Waals surface area contributed by atoms with Crippen LogP contribution in [0.15, 0.2) is 23.1 Å². The molecule has 1 aromatic rings. The number of carbonyl (C=O) groups is 2. The Morgan fingerprint density at radius 3 is 2.33 bits per heavy atom. The second kappa shape index (κ2) is 6.19. The van der Waals surface area contributed by atoms with E-state index >= 15 is 0 Å². The molecule has 1 aromatic carbocycles. The van der Waals surface area contributed by atoms with E-state index in [9.17, 15) is 22.4 Å². The van der Waals surface area contributed by atoms with Gasteiger partial charge < -0.3 is 10.8 Å². The van der Waals surface area contributed by atoms with Crippen LogP contribution in [0.25, 0.3) is 0 Å². The molecule has 0 saturated carbocycles. The first kappa shape index (κ1) is 17.1. The van der Waals surface area contributed by atoms with Gasteiger partial charge in [-0.2, -0.15) is 4.72 Å². The van der Waals surface area contributed by atoms with Crippen molar-refractivity contribution in [3.8, 4) is 0 Å². The molecular weight excluding hydrogens is 303 g/mol. The number of primary amides is 1. The maximum atomic E-state index is 13.3. The zero-order valence-corrected chi connectivity index (χ0v) is 12.1. The van der Waals surface area contributed by atoms with E-state index in [1.165, 1.54) is 0 Å². The second-order valence-corrected chi connectivity index (χ2v) is 6.41. The van der Waals surface area contributed by atoms with Gasteiger partial charge in [0.25, 0.3) is 0 Å². The predicted octanol–water partition coefficient (Wildman–Crippen LogP) is 0.312. The highest BCUT2D eigenvalue weighted by Gasteiger charge is 2.27. The highest BCUT2D eigenvalue weighted by Crippen LogP contribution is 2.16. The Balaban J connectivity index is 3.22. The monoisotopic (exact) mass is 318 g/mol. The Labute approximate surface area is 121 Å². The van der Waals surface area contributed by atoms with Crippen molar-refractivity contribution in [3.63, 3.8) is 0 Å². The van der Waals surface area contributed by atoms with Crippen LogP contribution in [-0.2, 0) is 14.8 Å². The molecule has 0 spiro atoms. The zero-order valence-electron chi connectivity index (χ0n) is 11.3. The molecule has 0 heterocycles. The van der Waals surface area contributed by atoms with E-state index in [1.807, 2.05) is 0 Å². The first-order valence-corrected chi connectivity index (χ1v) is 7.39. The fourth-order valence-electron chi connectivity index (χ4n) is 1.59. The van der Waals surface area contributed by atoms with E-state index in [0.29, 0.717) is 6.07 Å². The molecule has 0 radical (unpaired) electrons. The molecule has 0 aliphatic carbocycles. The summed E-state index contributed by atoms with van der Waals surface area (Å²) in [5.74, 6) is -3.93. The van der Waals surface area contributed by atoms with E-state index in [2.05, 4.69) is 4.72 Å². The average molecular weight is 318 g/mol. The second-order valence-electron chi connectivity index (χ2n) is 4.69. The number of carbonyl (C=O) groups excluding carboxylic acids is 1. The van der Waals surface area contributed by atoms with Crippen LogP contribution in [0.2, 0.25) is 0 Å². The van der Waals surface area contributed by atoms with E-state index < -0.39 is 50.1 Å². The number of hydrogen-bond acceptors (Lipinski definition) is 4. The minimum absolute atomic E-state index is 0.406. The van der Waals surface area contributed by atoms with Crippen LogP contribution in [0.3, 0.4) is 0 Å². The molecule has 1 rings (SSSR count). The van der Waals surface area contributed by atoms with Crippen molar-refractivity contribution in [2.24, 2.45) is 11.7 Å². The first-order chi connectivity index (χ1) is 9.56. The Morgan fingerprint density at radius 1 is 1.33 bits per heavy atom. The minimum atomic E-state index is -4.20. The lowest BCUT2D eigenvalue weighted by molar-refractivity contribution is -0.120. The fraction of sp³-hybridized carbons (Fsp3) is 0.333. The van der Waals surface area contributed by atoms with Gasteiger partial charge in [0.1, 0.15) is 11.9 Å². The third-order valence-corrected chi connectivity index (χ3v) is 4.17. The van der Waals surface area contributed by atoms with E-state index in [0.717, 1.165) is 12.1 Å². The molecule has 1 atom stereocenters. The van der Waals surface area contributed by atoms with Crippen LogP contribution in [0.1, 0.15) is 24.2 Å². The summed E-state index contributed by atoms with van der Waals surface area (Å²) >= 11 is 0. The number of nitrogens with two attached hydrogens (primary N) is 1. The zero-order chi connectivity index (χ0) is 16.4. The lowest BCUT2D eigenvalue weighted by Crippen LogP contribution is -2.47. The van der Waals surface area contributed by atoms with Gasteiger partial charge in [-0.15, -0.1) is 0 Å². The van der Waals surface area contributed by atoms with Gasteiger partial charge in [-0.25, -0.2) is 17.6 Å². The molecule has 0 aliphatic heterocycles. The molecule has 0 aliphatic rings. The minimum Gasteiger partial charge on any atom is -0.478 e. The van der Waals surface area contributed by atoms with Crippen molar-refractivity contribution in [2.75, 3.05) is 0 Å². The van der Waals surface area contributed by atoms with Gasteiger partial charge in [0.2, 0.25) is 15.9 Å². The Hall–Kier alpha value is -2.00. The van der Waals surface area contributed by atoms with Crippen LogP contribution in [0, 0.1) is 11.7 Å². The van der Waals surface area contributed by atoms with E-state index in [4.69, 9.17) is 10.8 Å². The summed E-state index contributed by atoms with van der Waals surface area (Å²) in [7, 11) is -4.20. The van der Waals surface area contributed by atoms with Gasteiger partial charge in [0.05, 0.1) is 10.5 Å². The molecule has 4 N–H and O–H groups in total. The number of aromatic carboxylic acids is 1. The van der Waals surface area contributed by atoms with E-state index in [-0.39, 0.29) is 0 Å². The summed E-state index contributed by atoms with van der Waals surface area (Å²) in [6, 6.07) is 1.15. The topological polar surface area (TPSA) is 127 Å². The molecule has 0 aromatic heterocycles. The van der Waals surface area contributed by atoms with Gasteiger partial charge >= 0.3 is 5.97 Å². The standard InChI is InChI=1S/C12H15FN2O5S/c1-6(2)10(11(14)16)15-21(19,20)7-3-4-9(13)8(5-7)12(17)18/h3-6,10,15H,1-2H3,(H2,14,16)(H,17,18). The Kier molecular flexibility index (Phi) is 5.02. The molecule has 116 valence electrons. The smallest absolute Gasteiger partial charge is 0.338 e.